The van der Waals surface area contributed by atoms with E-state index in [-0.39, 0.29) is 11.5 Å². The number of aryl methyl sites for hydroxylation is 1. The molecule has 0 fully saturated rings. The molecule has 0 saturated carbocycles. The standard InChI is InChI=1S/C22H25FN4O4/c1-10-17(9-15-14-8-13(23)6-7-16(14)25-20(15)29)24-11(2)18(10)21(30)26-19(12(3)28)22(31)27(4)5/h6-9,12,19,24,28H,1-5H3,(H,25,29)(H,26,30)/b15-9-/t12-,19?/m1/s1. The van der Waals surface area contributed by atoms with Crippen molar-refractivity contribution in [2.75, 3.05) is 19.4 Å². The largest absolute Gasteiger partial charge is 0.391 e. The lowest BCUT2D eigenvalue weighted by molar-refractivity contribution is -0.133. The molecule has 0 bridgehead atoms. The topological polar surface area (TPSA) is 115 Å². The van der Waals surface area contributed by atoms with Gasteiger partial charge in [0.25, 0.3) is 11.8 Å². The van der Waals surface area contributed by atoms with Gasteiger partial charge in [-0.05, 0) is 50.6 Å². The van der Waals surface area contributed by atoms with E-state index in [4.69, 9.17) is 0 Å². The third-order valence-corrected chi connectivity index (χ3v) is 5.23. The third-order valence-electron chi connectivity index (χ3n) is 5.23. The number of nitrogens with one attached hydrogen (secondary N) is 3. The van der Waals surface area contributed by atoms with Gasteiger partial charge < -0.3 is 25.6 Å². The molecule has 2 heterocycles. The van der Waals surface area contributed by atoms with Gasteiger partial charge in [-0.2, -0.15) is 0 Å². The van der Waals surface area contributed by atoms with Crippen LogP contribution in [0.2, 0.25) is 0 Å². The zero-order valence-corrected chi connectivity index (χ0v) is 18.0. The third kappa shape index (κ3) is 4.22. The van der Waals surface area contributed by atoms with E-state index in [9.17, 15) is 23.9 Å². The number of aliphatic hydroxyl groups is 1. The lowest BCUT2D eigenvalue weighted by Gasteiger charge is -2.24. The lowest BCUT2D eigenvalue weighted by atomic mass is 10.0. The number of hydrogen-bond donors (Lipinski definition) is 4. The lowest BCUT2D eigenvalue weighted by Crippen LogP contribution is -2.52. The van der Waals surface area contributed by atoms with E-state index < -0.39 is 29.8 Å². The average molecular weight is 428 g/mol. The van der Waals surface area contributed by atoms with Crippen LogP contribution < -0.4 is 10.6 Å². The maximum Gasteiger partial charge on any atom is 0.256 e. The van der Waals surface area contributed by atoms with E-state index in [1.807, 2.05) is 0 Å². The number of hydrogen-bond acceptors (Lipinski definition) is 4. The van der Waals surface area contributed by atoms with Gasteiger partial charge >= 0.3 is 0 Å². The summed E-state index contributed by atoms with van der Waals surface area (Å²) in [5, 5.41) is 15.2. The number of carbonyl (C=O) groups excluding carboxylic acids is 3. The Kier molecular flexibility index (Phi) is 5.99. The van der Waals surface area contributed by atoms with E-state index in [1.165, 1.54) is 44.1 Å². The quantitative estimate of drug-likeness (QED) is 0.544. The molecule has 3 amide bonds. The van der Waals surface area contributed by atoms with Crippen LogP contribution in [-0.4, -0.2) is 59.0 Å². The molecule has 2 aromatic rings. The molecule has 0 aliphatic carbocycles. The van der Waals surface area contributed by atoms with Gasteiger partial charge in [-0.25, -0.2) is 4.39 Å². The first-order chi connectivity index (χ1) is 14.5. The number of benzene rings is 1. The molecule has 1 unspecified atom stereocenters. The molecule has 31 heavy (non-hydrogen) atoms. The summed E-state index contributed by atoms with van der Waals surface area (Å²) in [5.41, 5.74) is 3.13. The van der Waals surface area contributed by atoms with Gasteiger partial charge in [-0.1, -0.05) is 0 Å². The number of carbonyl (C=O) groups is 3. The fraction of sp³-hybridized carbons (Fsp3) is 0.318. The normalized spacial score (nSPS) is 16.0. The SMILES string of the molecule is Cc1[nH]c(/C=C2\C(=O)Nc3ccc(F)cc32)c(C)c1C(=O)NC(C(=O)N(C)C)[C@@H](C)O. The molecule has 1 aromatic heterocycles. The number of nitrogens with zero attached hydrogens (tertiary/aromatic N) is 1. The minimum atomic E-state index is -1.10. The van der Waals surface area contributed by atoms with E-state index in [0.717, 1.165) is 0 Å². The van der Waals surface area contributed by atoms with Gasteiger partial charge in [0, 0.05) is 36.7 Å². The summed E-state index contributed by atoms with van der Waals surface area (Å²) < 4.78 is 13.7. The van der Waals surface area contributed by atoms with Crippen LogP contribution in [0.4, 0.5) is 10.1 Å². The molecule has 0 spiro atoms. The molecule has 0 radical (unpaired) electrons. The molecule has 3 rings (SSSR count). The highest BCUT2D eigenvalue weighted by Gasteiger charge is 2.30. The number of H-pyrrole nitrogens is 1. The minimum Gasteiger partial charge on any atom is -0.391 e. The Morgan fingerprint density at radius 3 is 2.55 bits per heavy atom. The Labute approximate surface area is 179 Å². The number of anilines is 1. The van der Waals surface area contributed by atoms with E-state index in [0.29, 0.717) is 33.8 Å². The Morgan fingerprint density at radius 1 is 1.26 bits per heavy atom. The number of rotatable bonds is 5. The Morgan fingerprint density at radius 2 is 1.94 bits per heavy atom. The van der Waals surface area contributed by atoms with Crippen LogP contribution >= 0.6 is 0 Å². The first-order valence-electron chi connectivity index (χ1n) is 9.73. The number of aromatic nitrogens is 1. The predicted octanol–water partition coefficient (Wildman–Crippen LogP) is 1.83. The van der Waals surface area contributed by atoms with Crippen molar-refractivity contribution in [3.63, 3.8) is 0 Å². The van der Waals surface area contributed by atoms with Crippen LogP contribution in [0.25, 0.3) is 11.6 Å². The molecule has 1 aliphatic rings. The van der Waals surface area contributed by atoms with Gasteiger partial charge in [-0.3, -0.25) is 14.4 Å². The van der Waals surface area contributed by atoms with Crippen LogP contribution in [-0.2, 0) is 9.59 Å². The highest BCUT2D eigenvalue weighted by atomic mass is 19.1. The summed E-state index contributed by atoms with van der Waals surface area (Å²) in [6.45, 7) is 4.82. The molecule has 9 heteroatoms. The number of likely N-dealkylation sites (N-methyl/N-ethyl adjacent to an activating group) is 1. The molecule has 0 saturated heterocycles. The number of fused-ring (bicyclic) bond motifs is 1. The maximum atomic E-state index is 13.7. The molecule has 1 aliphatic heterocycles. The molecule has 8 nitrogen and oxygen atoms in total. The summed E-state index contributed by atoms with van der Waals surface area (Å²) in [7, 11) is 3.07. The number of amides is 3. The second-order valence-electron chi connectivity index (χ2n) is 7.79. The minimum absolute atomic E-state index is 0.274. The van der Waals surface area contributed by atoms with Crippen LogP contribution in [0, 0.1) is 19.7 Å². The van der Waals surface area contributed by atoms with Crippen LogP contribution in [0.3, 0.4) is 0 Å². The number of aromatic amines is 1. The highest BCUT2D eigenvalue weighted by molar-refractivity contribution is 6.34. The molecule has 164 valence electrons. The van der Waals surface area contributed by atoms with Crippen molar-refractivity contribution in [3.05, 3.63) is 52.1 Å². The van der Waals surface area contributed by atoms with Crippen molar-refractivity contribution in [1.82, 2.24) is 15.2 Å². The maximum absolute atomic E-state index is 13.7. The Bertz CT molecular complexity index is 1100. The van der Waals surface area contributed by atoms with Crippen molar-refractivity contribution in [2.45, 2.75) is 32.9 Å². The van der Waals surface area contributed by atoms with Crippen molar-refractivity contribution >= 4 is 35.1 Å². The first kappa shape index (κ1) is 22.2. The van der Waals surface area contributed by atoms with Crippen molar-refractivity contribution in [3.8, 4) is 0 Å². The van der Waals surface area contributed by atoms with Crippen molar-refractivity contribution < 1.29 is 23.9 Å². The first-order valence-corrected chi connectivity index (χ1v) is 9.73. The van der Waals surface area contributed by atoms with E-state index in [2.05, 4.69) is 15.6 Å². The van der Waals surface area contributed by atoms with Gasteiger partial charge in [-0.15, -0.1) is 0 Å². The summed E-state index contributed by atoms with van der Waals surface area (Å²) in [6.07, 6.45) is 0.477. The van der Waals surface area contributed by atoms with Crippen molar-refractivity contribution in [2.24, 2.45) is 0 Å². The summed E-state index contributed by atoms with van der Waals surface area (Å²) in [5.74, 6) is -1.79. The molecule has 2 atom stereocenters. The number of halogens is 1. The van der Waals surface area contributed by atoms with Gasteiger partial charge in [0.15, 0.2) is 0 Å². The average Bonchev–Trinajstić information content (AvgIpc) is 3.14. The van der Waals surface area contributed by atoms with Gasteiger partial charge in [0.2, 0.25) is 5.91 Å². The number of aliphatic hydroxyl groups excluding tert-OH is 1. The molecule has 4 N–H and O–H groups in total. The molecule has 1 aromatic carbocycles. The second-order valence-corrected chi connectivity index (χ2v) is 7.79. The molecular weight excluding hydrogens is 403 g/mol. The second kappa shape index (κ2) is 8.35. The van der Waals surface area contributed by atoms with Crippen LogP contribution in [0.5, 0.6) is 0 Å². The van der Waals surface area contributed by atoms with E-state index >= 15 is 0 Å². The van der Waals surface area contributed by atoms with Gasteiger partial charge in [0.05, 0.1) is 17.2 Å². The van der Waals surface area contributed by atoms with Crippen LogP contribution in [0.1, 0.15) is 39.8 Å². The fourth-order valence-corrected chi connectivity index (χ4v) is 3.59. The predicted molar refractivity (Wildman–Crippen MR) is 115 cm³/mol. The monoisotopic (exact) mass is 428 g/mol. The zero-order valence-electron chi connectivity index (χ0n) is 18.0. The summed E-state index contributed by atoms with van der Waals surface area (Å²) in [6, 6.07) is 2.93. The van der Waals surface area contributed by atoms with Crippen LogP contribution in [0.15, 0.2) is 18.2 Å². The summed E-state index contributed by atoms with van der Waals surface area (Å²) in [4.78, 5) is 42.0. The highest BCUT2D eigenvalue weighted by Crippen LogP contribution is 2.34. The smallest absolute Gasteiger partial charge is 0.256 e. The van der Waals surface area contributed by atoms with E-state index in [1.54, 1.807) is 19.9 Å². The summed E-state index contributed by atoms with van der Waals surface area (Å²) >= 11 is 0. The molecular formula is C22H25FN4O4. The Hall–Kier alpha value is -3.46. The zero-order chi connectivity index (χ0) is 23.0. The fourth-order valence-electron chi connectivity index (χ4n) is 3.59. The van der Waals surface area contributed by atoms with Gasteiger partial charge in [0.1, 0.15) is 11.9 Å². The van der Waals surface area contributed by atoms with Crippen molar-refractivity contribution in [1.29, 1.82) is 0 Å². The Balaban J connectivity index is 1.96.